The van der Waals surface area contributed by atoms with Crippen LogP contribution in [-0.4, -0.2) is 0 Å². The summed E-state index contributed by atoms with van der Waals surface area (Å²) in [5.41, 5.74) is 10.1. The molecule has 0 heteroatoms. The molecule has 0 heterocycles. The average molecular weight is 495 g/mol. The molecule has 7 aromatic rings. The molecule has 0 aromatic heterocycles. The molecule has 1 aliphatic carbocycles. The summed E-state index contributed by atoms with van der Waals surface area (Å²) in [6, 6.07) is 58.1. The van der Waals surface area contributed by atoms with Gasteiger partial charge in [0.1, 0.15) is 0 Å². The van der Waals surface area contributed by atoms with E-state index in [0.717, 1.165) is 0 Å². The van der Waals surface area contributed by atoms with Crippen LogP contribution in [0, 0.1) is 0 Å². The molecular formula is C39H26. The van der Waals surface area contributed by atoms with Crippen molar-refractivity contribution in [1.29, 1.82) is 0 Å². The lowest BCUT2D eigenvalue weighted by atomic mass is 9.67. The zero-order valence-corrected chi connectivity index (χ0v) is 21.5. The molecule has 1 aliphatic rings. The van der Waals surface area contributed by atoms with Crippen molar-refractivity contribution in [2.75, 3.05) is 0 Å². The van der Waals surface area contributed by atoms with Crippen molar-refractivity contribution in [3.63, 3.8) is 0 Å². The van der Waals surface area contributed by atoms with Gasteiger partial charge in [0.05, 0.1) is 5.41 Å². The number of hydrogen-bond donors (Lipinski definition) is 0. The monoisotopic (exact) mass is 494 g/mol. The standard InChI is InChI=1S/C39H26/c1-3-15-30(16-4-1)39(31-17-5-2-6-18-31)36-22-12-11-21-34(36)35-24-23-29(26-37(35)39)38-32-19-9-7-13-27(32)25-28-14-8-10-20-33(28)38/h1-26H. The fourth-order valence-electron chi connectivity index (χ4n) is 6.92. The van der Waals surface area contributed by atoms with Crippen molar-refractivity contribution < 1.29 is 0 Å². The van der Waals surface area contributed by atoms with Crippen molar-refractivity contribution in [1.82, 2.24) is 0 Å². The minimum atomic E-state index is -0.398. The highest BCUT2D eigenvalue weighted by Crippen LogP contribution is 2.57. The van der Waals surface area contributed by atoms with Crippen LogP contribution in [0.25, 0.3) is 43.8 Å². The molecule has 0 N–H and O–H groups in total. The zero-order valence-electron chi connectivity index (χ0n) is 21.5. The van der Waals surface area contributed by atoms with Gasteiger partial charge < -0.3 is 0 Å². The first kappa shape index (κ1) is 22.1. The number of rotatable bonds is 3. The van der Waals surface area contributed by atoms with Crippen LogP contribution in [-0.2, 0) is 5.41 Å². The molecule has 8 rings (SSSR count). The molecule has 0 atom stereocenters. The number of fused-ring (bicyclic) bond motifs is 5. The van der Waals surface area contributed by atoms with Crippen LogP contribution in [0.1, 0.15) is 22.3 Å². The summed E-state index contributed by atoms with van der Waals surface area (Å²) in [7, 11) is 0. The molecule has 39 heavy (non-hydrogen) atoms. The van der Waals surface area contributed by atoms with Crippen LogP contribution in [0.2, 0.25) is 0 Å². The highest BCUT2D eigenvalue weighted by atomic mass is 14.5. The normalized spacial score (nSPS) is 13.3. The minimum absolute atomic E-state index is 0.398. The summed E-state index contributed by atoms with van der Waals surface area (Å²) in [5, 5.41) is 5.12. The van der Waals surface area contributed by atoms with Gasteiger partial charge in [-0.1, -0.05) is 146 Å². The second kappa shape index (κ2) is 8.55. The summed E-state index contributed by atoms with van der Waals surface area (Å²) in [6.07, 6.45) is 0. The zero-order chi connectivity index (χ0) is 25.8. The van der Waals surface area contributed by atoms with Gasteiger partial charge in [-0.05, 0) is 78.2 Å². The molecular weight excluding hydrogens is 468 g/mol. The quantitative estimate of drug-likeness (QED) is 0.214. The fourth-order valence-corrected chi connectivity index (χ4v) is 6.92. The lowest BCUT2D eigenvalue weighted by Gasteiger charge is -2.34. The molecule has 0 saturated carbocycles. The Bertz CT molecular complexity index is 1900. The summed E-state index contributed by atoms with van der Waals surface area (Å²) in [4.78, 5) is 0. The van der Waals surface area contributed by atoms with E-state index >= 15 is 0 Å². The third kappa shape index (κ3) is 3.12. The fraction of sp³-hybridized carbons (Fsp3) is 0.0256. The Morgan fingerprint density at radius 2 is 0.872 bits per heavy atom. The Balaban J connectivity index is 1.52. The van der Waals surface area contributed by atoms with E-state index in [9.17, 15) is 0 Å². The van der Waals surface area contributed by atoms with Gasteiger partial charge in [0.25, 0.3) is 0 Å². The van der Waals surface area contributed by atoms with E-state index in [-0.39, 0.29) is 0 Å². The van der Waals surface area contributed by atoms with Gasteiger partial charge in [-0.15, -0.1) is 0 Å². The molecule has 0 bridgehead atoms. The molecule has 0 unspecified atom stereocenters. The summed E-state index contributed by atoms with van der Waals surface area (Å²) < 4.78 is 0. The van der Waals surface area contributed by atoms with E-state index in [4.69, 9.17) is 0 Å². The van der Waals surface area contributed by atoms with Gasteiger partial charge in [-0.2, -0.15) is 0 Å². The Hall–Kier alpha value is -4.94. The van der Waals surface area contributed by atoms with Gasteiger partial charge in [-0.25, -0.2) is 0 Å². The lowest BCUT2D eigenvalue weighted by molar-refractivity contribution is 0.769. The maximum Gasteiger partial charge on any atom is 0.0713 e. The molecule has 0 saturated heterocycles. The van der Waals surface area contributed by atoms with Crippen LogP contribution in [0.3, 0.4) is 0 Å². The molecule has 0 radical (unpaired) electrons. The van der Waals surface area contributed by atoms with Crippen LogP contribution in [0.4, 0.5) is 0 Å². The van der Waals surface area contributed by atoms with Gasteiger partial charge in [-0.3, -0.25) is 0 Å². The Kier molecular flexibility index (Phi) is 4.84. The number of hydrogen-bond acceptors (Lipinski definition) is 0. The molecule has 7 aromatic carbocycles. The van der Waals surface area contributed by atoms with Crippen molar-refractivity contribution in [2.45, 2.75) is 5.41 Å². The largest absolute Gasteiger partial charge is 0.0713 e. The predicted molar refractivity (Wildman–Crippen MR) is 164 cm³/mol. The van der Waals surface area contributed by atoms with Gasteiger partial charge in [0, 0.05) is 0 Å². The smallest absolute Gasteiger partial charge is 0.0622 e. The van der Waals surface area contributed by atoms with E-state index < -0.39 is 5.41 Å². The first-order valence-electron chi connectivity index (χ1n) is 13.6. The lowest BCUT2D eigenvalue weighted by Crippen LogP contribution is -2.28. The van der Waals surface area contributed by atoms with Gasteiger partial charge >= 0.3 is 0 Å². The van der Waals surface area contributed by atoms with E-state index in [1.165, 1.54) is 66.1 Å². The third-order valence-corrected chi connectivity index (χ3v) is 8.52. The maximum atomic E-state index is 2.48. The van der Waals surface area contributed by atoms with E-state index in [0.29, 0.717) is 0 Å². The molecule has 0 fully saturated rings. The van der Waals surface area contributed by atoms with Crippen molar-refractivity contribution in [3.8, 4) is 22.3 Å². The molecule has 0 aliphatic heterocycles. The maximum absolute atomic E-state index is 2.48. The molecule has 0 nitrogen and oxygen atoms in total. The first-order valence-corrected chi connectivity index (χ1v) is 13.6. The predicted octanol–water partition coefficient (Wildman–Crippen LogP) is 10.0. The first-order chi connectivity index (χ1) is 19.4. The highest BCUT2D eigenvalue weighted by molar-refractivity contribution is 6.13. The Morgan fingerprint density at radius 1 is 0.359 bits per heavy atom. The van der Waals surface area contributed by atoms with Crippen LogP contribution >= 0.6 is 0 Å². The Morgan fingerprint density at radius 3 is 1.51 bits per heavy atom. The average Bonchev–Trinajstić information content (AvgIpc) is 3.31. The van der Waals surface area contributed by atoms with E-state index in [2.05, 4.69) is 158 Å². The summed E-state index contributed by atoms with van der Waals surface area (Å²) in [6.45, 7) is 0. The van der Waals surface area contributed by atoms with E-state index in [1.54, 1.807) is 0 Å². The van der Waals surface area contributed by atoms with Crippen LogP contribution in [0.5, 0.6) is 0 Å². The second-order valence-electron chi connectivity index (χ2n) is 10.5. The van der Waals surface area contributed by atoms with Crippen LogP contribution < -0.4 is 0 Å². The third-order valence-electron chi connectivity index (χ3n) is 8.52. The Labute approximate surface area is 228 Å². The second-order valence-corrected chi connectivity index (χ2v) is 10.5. The SMILES string of the molecule is c1ccc(C2(c3ccccc3)c3ccccc3-c3ccc(-c4c5ccccc5cc5ccccc45)cc32)cc1. The molecule has 0 spiro atoms. The highest BCUT2D eigenvalue weighted by Gasteiger charge is 2.46. The van der Waals surface area contributed by atoms with Crippen molar-refractivity contribution in [3.05, 3.63) is 180 Å². The molecule has 182 valence electrons. The minimum Gasteiger partial charge on any atom is -0.0622 e. The molecule has 0 amide bonds. The topological polar surface area (TPSA) is 0 Å². The van der Waals surface area contributed by atoms with Crippen LogP contribution in [0.15, 0.2) is 158 Å². The summed E-state index contributed by atoms with van der Waals surface area (Å²) >= 11 is 0. The van der Waals surface area contributed by atoms with Crippen molar-refractivity contribution >= 4 is 21.5 Å². The van der Waals surface area contributed by atoms with Crippen molar-refractivity contribution in [2.24, 2.45) is 0 Å². The van der Waals surface area contributed by atoms with Gasteiger partial charge in [0.15, 0.2) is 0 Å². The van der Waals surface area contributed by atoms with E-state index in [1.807, 2.05) is 0 Å². The summed E-state index contributed by atoms with van der Waals surface area (Å²) in [5.74, 6) is 0. The van der Waals surface area contributed by atoms with Gasteiger partial charge in [0.2, 0.25) is 0 Å². The number of benzene rings is 7.